The Bertz CT molecular complexity index is 1110. The molecule has 0 aliphatic carbocycles. The average Bonchev–Trinajstić information content (AvgIpc) is 2.78. The number of nitrogens with zero attached hydrogens (tertiary/aromatic N) is 2. The highest BCUT2D eigenvalue weighted by Crippen LogP contribution is 2.28. The third kappa shape index (κ3) is 4.93. The second kappa shape index (κ2) is 9.95. The van der Waals surface area contributed by atoms with Gasteiger partial charge in [0.2, 0.25) is 10.0 Å². The molecule has 11 heteroatoms. The van der Waals surface area contributed by atoms with Gasteiger partial charge >= 0.3 is 0 Å². The minimum Gasteiger partial charge on any atom is -0.352 e. The van der Waals surface area contributed by atoms with Crippen LogP contribution in [0.1, 0.15) is 22.3 Å². The fourth-order valence-corrected chi connectivity index (χ4v) is 5.32. The van der Waals surface area contributed by atoms with E-state index in [0.717, 1.165) is 28.1 Å². The first-order valence-corrected chi connectivity index (χ1v) is 11.8. The number of nitrogens with two attached hydrogens (primary N) is 1. The van der Waals surface area contributed by atoms with Crippen LogP contribution in [0.3, 0.4) is 0 Å². The first-order chi connectivity index (χ1) is 15.2. The summed E-state index contributed by atoms with van der Waals surface area (Å²) in [5.41, 5.74) is 6.75. The van der Waals surface area contributed by atoms with E-state index in [0.29, 0.717) is 12.0 Å². The van der Waals surface area contributed by atoms with Crippen molar-refractivity contribution in [3.63, 3.8) is 0 Å². The lowest BCUT2D eigenvalue weighted by atomic mass is 10.1. The molecule has 2 aromatic carbocycles. The van der Waals surface area contributed by atoms with Gasteiger partial charge < -0.3 is 16.0 Å². The zero-order valence-corrected chi connectivity index (χ0v) is 19.0. The van der Waals surface area contributed by atoms with Gasteiger partial charge in [-0.15, -0.1) is 0 Å². The van der Waals surface area contributed by atoms with Crippen LogP contribution in [0.4, 0.5) is 4.39 Å². The summed E-state index contributed by atoms with van der Waals surface area (Å²) in [5, 5.41) is 2.21. The first-order valence-electron chi connectivity index (χ1n) is 9.99. The van der Waals surface area contributed by atoms with Crippen LogP contribution < -0.4 is 11.1 Å². The SMILES string of the molecule is Cc1ccc(C(=O)N2CCCN(S(=O)(=O)c3ccc(F)c(Cl)c3)C2C(=O)NCCN)cc1. The number of benzene rings is 2. The summed E-state index contributed by atoms with van der Waals surface area (Å²) in [6.45, 7) is 2.31. The molecular weight excluding hydrogens is 459 g/mol. The number of halogens is 2. The lowest BCUT2D eigenvalue weighted by molar-refractivity contribution is -0.130. The van der Waals surface area contributed by atoms with Gasteiger partial charge in [0.05, 0.1) is 9.92 Å². The molecule has 1 unspecified atom stereocenters. The minimum atomic E-state index is -4.28. The largest absolute Gasteiger partial charge is 0.352 e. The van der Waals surface area contributed by atoms with Gasteiger partial charge in [-0.25, -0.2) is 12.8 Å². The fraction of sp³-hybridized carbons (Fsp3) is 0.333. The van der Waals surface area contributed by atoms with Crippen molar-refractivity contribution in [3.8, 4) is 0 Å². The Kier molecular flexibility index (Phi) is 7.50. The average molecular weight is 483 g/mol. The van der Waals surface area contributed by atoms with Crippen LogP contribution in [0.2, 0.25) is 5.02 Å². The highest BCUT2D eigenvalue weighted by Gasteiger charge is 2.44. The van der Waals surface area contributed by atoms with Crippen LogP contribution in [0.15, 0.2) is 47.4 Å². The summed E-state index contributed by atoms with van der Waals surface area (Å²) in [6.07, 6.45) is -1.12. The molecule has 3 N–H and O–H groups in total. The molecule has 1 atom stereocenters. The Morgan fingerprint density at radius 3 is 2.50 bits per heavy atom. The van der Waals surface area contributed by atoms with Gasteiger partial charge in [0.1, 0.15) is 5.82 Å². The molecule has 2 aromatic rings. The highest BCUT2D eigenvalue weighted by molar-refractivity contribution is 7.89. The van der Waals surface area contributed by atoms with Crippen LogP contribution >= 0.6 is 11.6 Å². The second-order valence-electron chi connectivity index (χ2n) is 7.36. The summed E-state index contributed by atoms with van der Waals surface area (Å²) in [6, 6.07) is 9.77. The summed E-state index contributed by atoms with van der Waals surface area (Å²) < 4.78 is 41.3. The summed E-state index contributed by atoms with van der Waals surface area (Å²) in [5.74, 6) is -1.92. The van der Waals surface area contributed by atoms with Gasteiger partial charge in [0.25, 0.3) is 11.8 Å². The number of carbonyl (C=O) groups is 2. The molecule has 172 valence electrons. The van der Waals surface area contributed by atoms with Crippen LogP contribution in [0.5, 0.6) is 0 Å². The maximum absolute atomic E-state index is 13.6. The van der Waals surface area contributed by atoms with Gasteiger partial charge in [-0.2, -0.15) is 4.31 Å². The molecule has 0 saturated carbocycles. The van der Waals surface area contributed by atoms with E-state index in [4.69, 9.17) is 17.3 Å². The summed E-state index contributed by atoms with van der Waals surface area (Å²) >= 11 is 5.78. The molecule has 1 saturated heterocycles. The van der Waals surface area contributed by atoms with Crippen LogP contribution in [-0.2, 0) is 14.8 Å². The Hall–Kier alpha value is -2.53. The van der Waals surface area contributed by atoms with E-state index in [-0.39, 0.29) is 36.1 Å². The minimum absolute atomic E-state index is 0.00425. The fourth-order valence-electron chi connectivity index (χ4n) is 3.45. The molecule has 3 rings (SSSR count). The van der Waals surface area contributed by atoms with E-state index in [1.807, 2.05) is 6.92 Å². The summed E-state index contributed by atoms with van der Waals surface area (Å²) in [4.78, 5) is 27.2. The Labute approximate surface area is 191 Å². The van der Waals surface area contributed by atoms with Crippen molar-refractivity contribution in [2.45, 2.75) is 24.4 Å². The normalized spacial score (nSPS) is 17.2. The van der Waals surface area contributed by atoms with Crippen molar-refractivity contribution < 1.29 is 22.4 Å². The molecular formula is C21H24ClFN4O4S. The summed E-state index contributed by atoms with van der Waals surface area (Å²) in [7, 11) is -4.28. The number of sulfonamides is 1. The van der Waals surface area contributed by atoms with Crippen molar-refractivity contribution in [2.24, 2.45) is 5.73 Å². The molecule has 1 aliphatic rings. The Balaban J connectivity index is 2.03. The number of hydrogen-bond donors (Lipinski definition) is 2. The van der Waals surface area contributed by atoms with Crippen molar-refractivity contribution in [1.82, 2.24) is 14.5 Å². The molecule has 0 radical (unpaired) electrons. The maximum atomic E-state index is 13.6. The van der Waals surface area contributed by atoms with Crippen LogP contribution in [0.25, 0.3) is 0 Å². The van der Waals surface area contributed by atoms with E-state index < -0.39 is 33.8 Å². The highest BCUT2D eigenvalue weighted by atomic mass is 35.5. The van der Waals surface area contributed by atoms with E-state index in [1.165, 1.54) is 4.90 Å². The Morgan fingerprint density at radius 2 is 1.88 bits per heavy atom. The van der Waals surface area contributed by atoms with E-state index in [9.17, 15) is 22.4 Å². The van der Waals surface area contributed by atoms with E-state index >= 15 is 0 Å². The molecule has 1 fully saturated rings. The molecule has 0 bridgehead atoms. The van der Waals surface area contributed by atoms with Gasteiger partial charge in [-0.05, 0) is 43.7 Å². The monoisotopic (exact) mass is 482 g/mol. The number of amides is 2. The lowest BCUT2D eigenvalue weighted by Crippen LogP contribution is -2.63. The lowest BCUT2D eigenvalue weighted by Gasteiger charge is -2.41. The zero-order chi connectivity index (χ0) is 23.5. The number of aryl methyl sites for hydroxylation is 1. The second-order valence-corrected chi connectivity index (χ2v) is 9.66. The molecule has 8 nitrogen and oxygen atoms in total. The molecule has 1 aliphatic heterocycles. The zero-order valence-electron chi connectivity index (χ0n) is 17.4. The first kappa shape index (κ1) is 24.1. The third-order valence-corrected chi connectivity index (χ3v) is 7.22. The van der Waals surface area contributed by atoms with Crippen molar-refractivity contribution in [3.05, 3.63) is 64.4 Å². The predicted molar refractivity (Wildman–Crippen MR) is 118 cm³/mol. The topological polar surface area (TPSA) is 113 Å². The smallest absolute Gasteiger partial charge is 0.259 e. The van der Waals surface area contributed by atoms with Crippen LogP contribution in [0, 0.1) is 12.7 Å². The predicted octanol–water partition coefficient (Wildman–Crippen LogP) is 1.73. The third-order valence-electron chi connectivity index (χ3n) is 5.08. The van der Waals surface area contributed by atoms with E-state index in [1.54, 1.807) is 24.3 Å². The standard InChI is InChI=1S/C21H24ClFN4O4S/c1-14-3-5-15(6-4-14)21(29)26-11-2-12-27(20(26)19(28)25-10-9-24)32(30,31)16-7-8-18(23)17(22)13-16/h3-8,13,20H,2,9-12,24H2,1H3,(H,25,28). The molecule has 0 aromatic heterocycles. The van der Waals surface area contributed by atoms with Gasteiger partial charge in [-0.3, -0.25) is 9.59 Å². The number of hydrogen-bond acceptors (Lipinski definition) is 5. The van der Waals surface area contributed by atoms with Gasteiger partial charge in [-0.1, -0.05) is 29.3 Å². The van der Waals surface area contributed by atoms with Gasteiger partial charge in [0.15, 0.2) is 6.17 Å². The van der Waals surface area contributed by atoms with Crippen LogP contribution in [-0.4, -0.2) is 61.8 Å². The van der Waals surface area contributed by atoms with Crippen molar-refractivity contribution >= 4 is 33.4 Å². The van der Waals surface area contributed by atoms with Gasteiger partial charge in [0, 0.05) is 31.7 Å². The Morgan fingerprint density at radius 1 is 1.19 bits per heavy atom. The van der Waals surface area contributed by atoms with E-state index in [2.05, 4.69) is 5.32 Å². The number of rotatable bonds is 6. The molecule has 32 heavy (non-hydrogen) atoms. The molecule has 1 heterocycles. The quantitative estimate of drug-likeness (QED) is 0.651. The maximum Gasteiger partial charge on any atom is 0.259 e. The molecule has 0 spiro atoms. The number of carbonyl (C=O) groups excluding carboxylic acids is 2. The number of nitrogens with one attached hydrogen (secondary N) is 1. The van der Waals surface area contributed by atoms with Crippen molar-refractivity contribution in [2.75, 3.05) is 26.2 Å². The molecule has 2 amide bonds. The van der Waals surface area contributed by atoms with Crippen molar-refractivity contribution in [1.29, 1.82) is 0 Å².